The minimum atomic E-state index is -3.31. The summed E-state index contributed by atoms with van der Waals surface area (Å²) in [6.07, 6.45) is 5.21. The number of hydrogen-bond acceptors (Lipinski definition) is 4. The lowest BCUT2D eigenvalue weighted by atomic mass is 9.91. The van der Waals surface area contributed by atoms with Gasteiger partial charge in [0.25, 0.3) is 0 Å². The number of hydrogen-bond donors (Lipinski definition) is 3. The summed E-state index contributed by atoms with van der Waals surface area (Å²) in [5, 5.41) is 9.96. The number of carbonyl (C=O) groups excluding carboxylic acids is 1. The Bertz CT molecular complexity index is 394. The van der Waals surface area contributed by atoms with Crippen molar-refractivity contribution >= 4 is 13.2 Å². The maximum atomic E-state index is 12.3. The smallest absolute Gasteiger partial charge is 0.203 e. The molecule has 4 N–H and O–H groups in total. The van der Waals surface area contributed by atoms with Crippen LogP contribution in [0.25, 0.3) is 0 Å². The van der Waals surface area contributed by atoms with E-state index in [1.54, 1.807) is 0 Å². The Morgan fingerprint density at radius 3 is 2.41 bits per heavy atom. The molecule has 130 valence electrons. The minimum absolute atomic E-state index is 0.0693. The topological polar surface area (TPSA) is 101 Å². The van der Waals surface area contributed by atoms with Gasteiger partial charge >= 0.3 is 0 Å². The average molecular weight is 333 g/mol. The van der Waals surface area contributed by atoms with Crippen molar-refractivity contribution < 1.29 is 19.4 Å². The number of carbonyl (C=O) groups is 1. The molecule has 0 aliphatic heterocycles. The van der Waals surface area contributed by atoms with Crippen molar-refractivity contribution in [3.05, 3.63) is 0 Å². The summed E-state index contributed by atoms with van der Waals surface area (Å²) in [5.41, 5.74) is 5.76. The molecule has 0 spiro atoms. The van der Waals surface area contributed by atoms with Gasteiger partial charge in [-0.3, -0.25) is 9.36 Å². The first-order chi connectivity index (χ1) is 10.2. The fourth-order valence-corrected chi connectivity index (χ4v) is 5.28. The van der Waals surface area contributed by atoms with Gasteiger partial charge in [-0.15, -0.1) is 0 Å². The maximum absolute atomic E-state index is 12.3. The third kappa shape index (κ3) is 7.36. The van der Waals surface area contributed by atoms with Crippen molar-refractivity contribution in [1.29, 1.82) is 0 Å². The van der Waals surface area contributed by atoms with Crippen molar-refractivity contribution in [1.82, 2.24) is 0 Å². The minimum Gasteiger partial charge on any atom is -0.393 e. The van der Waals surface area contributed by atoms with Gasteiger partial charge in [-0.2, -0.15) is 0 Å². The Balaban J connectivity index is 2.34. The molecule has 3 atom stereocenters. The molecule has 1 unspecified atom stereocenters. The molecular weight excluding hydrogens is 301 g/mol. The van der Waals surface area contributed by atoms with Crippen LogP contribution in [0.3, 0.4) is 0 Å². The number of nitrogens with two attached hydrogens (primary N) is 1. The van der Waals surface area contributed by atoms with Crippen LogP contribution in [0.4, 0.5) is 0 Å². The number of aliphatic hydroxyl groups excluding tert-OH is 1. The normalized spacial score (nSPS) is 22.3. The van der Waals surface area contributed by atoms with E-state index < -0.39 is 19.5 Å². The maximum Gasteiger partial charge on any atom is 0.203 e. The number of aliphatic hydroxyl groups is 1. The third-order valence-electron chi connectivity index (χ3n) is 4.58. The molecule has 0 saturated heterocycles. The second-order valence-corrected chi connectivity index (χ2v) is 9.57. The van der Waals surface area contributed by atoms with Gasteiger partial charge in [-0.1, -0.05) is 33.1 Å². The van der Waals surface area contributed by atoms with E-state index in [-0.39, 0.29) is 30.7 Å². The van der Waals surface area contributed by atoms with Gasteiger partial charge in [-0.05, 0) is 31.1 Å². The van der Waals surface area contributed by atoms with E-state index in [4.69, 9.17) is 5.73 Å². The zero-order valence-electron chi connectivity index (χ0n) is 13.9. The number of rotatable bonds is 9. The summed E-state index contributed by atoms with van der Waals surface area (Å²) >= 11 is 0. The zero-order chi connectivity index (χ0) is 16.8. The highest BCUT2D eigenvalue weighted by atomic mass is 31.2. The molecule has 1 rings (SSSR count). The molecule has 1 saturated carbocycles. The van der Waals surface area contributed by atoms with E-state index >= 15 is 0 Å². The van der Waals surface area contributed by atoms with E-state index in [1.807, 2.05) is 13.8 Å². The van der Waals surface area contributed by atoms with Crippen molar-refractivity contribution in [3.8, 4) is 0 Å². The summed E-state index contributed by atoms with van der Waals surface area (Å²) in [4.78, 5) is 21.9. The second kappa shape index (κ2) is 9.17. The molecule has 1 aliphatic rings. The standard InChI is InChI=1S/C16H32NO4P/c1-12(2)16(17)15(19)9-8-14(18)11-22(20,21)10-13-6-4-3-5-7-13/h12-14,16,18H,3-11,17H2,1-2H3,(H,20,21)/t14-,16+/m1/s1. The first kappa shape index (κ1) is 19.8. The Hall–Kier alpha value is -0.220. The van der Waals surface area contributed by atoms with Crippen molar-refractivity contribution in [2.45, 2.75) is 70.9 Å². The van der Waals surface area contributed by atoms with Gasteiger partial charge in [0.05, 0.1) is 18.3 Å². The summed E-state index contributed by atoms with van der Waals surface area (Å²) in [6.45, 7) is 3.76. The van der Waals surface area contributed by atoms with Crippen LogP contribution in [-0.4, -0.2) is 40.3 Å². The number of ketones is 1. The van der Waals surface area contributed by atoms with Crippen molar-refractivity contribution in [3.63, 3.8) is 0 Å². The molecule has 1 fully saturated rings. The predicted octanol–water partition coefficient (Wildman–Crippen LogP) is 2.53. The molecule has 0 aromatic rings. The summed E-state index contributed by atoms with van der Waals surface area (Å²) < 4.78 is 12.3. The molecule has 0 aromatic carbocycles. The summed E-state index contributed by atoms with van der Waals surface area (Å²) in [7, 11) is -3.31. The monoisotopic (exact) mass is 333 g/mol. The number of Topliss-reactive ketones (excluding diaryl/α,β-unsaturated/α-hetero) is 1. The summed E-state index contributed by atoms with van der Waals surface area (Å²) in [6, 6.07) is -0.518. The molecule has 0 aromatic heterocycles. The lowest BCUT2D eigenvalue weighted by Gasteiger charge is -2.25. The van der Waals surface area contributed by atoms with Crippen molar-refractivity contribution in [2.24, 2.45) is 17.6 Å². The van der Waals surface area contributed by atoms with Crippen LogP contribution >= 0.6 is 7.37 Å². The molecule has 1 aliphatic carbocycles. The van der Waals surface area contributed by atoms with E-state index in [1.165, 1.54) is 6.42 Å². The SMILES string of the molecule is CC(C)[C@H](N)C(=O)CC[C@@H](O)CP(=O)(O)CC1CCCCC1. The molecule has 6 heteroatoms. The molecule has 0 amide bonds. The Labute approximate surface area is 134 Å². The molecule has 5 nitrogen and oxygen atoms in total. The molecule has 0 bridgehead atoms. The highest BCUT2D eigenvalue weighted by Crippen LogP contribution is 2.46. The fourth-order valence-electron chi connectivity index (χ4n) is 3.12. The van der Waals surface area contributed by atoms with Crippen LogP contribution in [0, 0.1) is 11.8 Å². The quantitative estimate of drug-likeness (QED) is 0.563. The van der Waals surface area contributed by atoms with Gasteiger partial charge in [0, 0.05) is 12.6 Å². The van der Waals surface area contributed by atoms with E-state index in [9.17, 15) is 19.4 Å². The summed E-state index contributed by atoms with van der Waals surface area (Å²) in [5.74, 6) is 0.293. The van der Waals surface area contributed by atoms with E-state index in [0.29, 0.717) is 12.1 Å². The van der Waals surface area contributed by atoms with E-state index in [0.717, 1.165) is 25.7 Å². The first-order valence-corrected chi connectivity index (χ1v) is 10.5. The van der Waals surface area contributed by atoms with Crippen LogP contribution in [0.1, 0.15) is 58.8 Å². The van der Waals surface area contributed by atoms with Gasteiger partial charge in [-0.25, -0.2) is 0 Å². The van der Waals surface area contributed by atoms with Gasteiger partial charge in [0.15, 0.2) is 0 Å². The average Bonchev–Trinajstić information content (AvgIpc) is 2.43. The first-order valence-electron chi connectivity index (χ1n) is 8.48. The molecule has 0 radical (unpaired) electrons. The lowest BCUT2D eigenvalue weighted by Crippen LogP contribution is -2.36. The van der Waals surface area contributed by atoms with Crippen LogP contribution in [0.5, 0.6) is 0 Å². The Morgan fingerprint density at radius 2 is 1.86 bits per heavy atom. The van der Waals surface area contributed by atoms with Crippen molar-refractivity contribution in [2.75, 3.05) is 12.3 Å². The largest absolute Gasteiger partial charge is 0.393 e. The molecule has 0 heterocycles. The van der Waals surface area contributed by atoms with E-state index in [2.05, 4.69) is 0 Å². The third-order valence-corrected chi connectivity index (χ3v) is 6.66. The molecule has 22 heavy (non-hydrogen) atoms. The Kier molecular flexibility index (Phi) is 8.26. The zero-order valence-corrected chi connectivity index (χ0v) is 14.8. The second-order valence-electron chi connectivity index (χ2n) is 7.14. The predicted molar refractivity (Wildman–Crippen MR) is 89.2 cm³/mol. The fraction of sp³-hybridized carbons (Fsp3) is 0.938. The highest BCUT2D eigenvalue weighted by Gasteiger charge is 2.28. The van der Waals surface area contributed by atoms with Gasteiger partial charge in [0.1, 0.15) is 5.78 Å². The van der Waals surface area contributed by atoms with Gasteiger partial charge in [0.2, 0.25) is 7.37 Å². The lowest BCUT2D eigenvalue weighted by molar-refractivity contribution is -0.121. The Morgan fingerprint density at radius 1 is 1.27 bits per heavy atom. The van der Waals surface area contributed by atoms with Crippen LogP contribution in [-0.2, 0) is 9.36 Å². The van der Waals surface area contributed by atoms with Crippen LogP contribution in [0.2, 0.25) is 0 Å². The van der Waals surface area contributed by atoms with Crippen LogP contribution in [0.15, 0.2) is 0 Å². The van der Waals surface area contributed by atoms with Gasteiger partial charge < -0.3 is 15.7 Å². The molecular formula is C16H32NO4P. The highest BCUT2D eigenvalue weighted by molar-refractivity contribution is 7.58. The van der Waals surface area contributed by atoms with Crippen LogP contribution < -0.4 is 5.73 Å².